The molecule has 0 amide bonds. The van der Waals surface area contributed by atoms with Crippen molar-refractivity contribution in [2.24, 2.45) is 10.4 Å². The summed E-state index contributed by atoms with van der Waals surface area (Å²) in [5.41, 5.74) is 12.7. The van der Waals surface area contributed by atoms with Crippen molar-refractivity contribution < 1.29 is 28.5 Å². The van der Waals surface area contributed by atoms with Crippen LogP contribution >= 0.6 is 0 Å². The van der Waals surface area contributed by atoms with Gasteiger partial charge in [-0.3, -0.25) is 4.99 Å². The zero-order valence-corrected chi connectivity index (χ0v) is 43.4. The Balaban J connectivity index is 0.00000562. The SMILES string of the molecule is [2H]C1([2H])c2cc(C)c(C)cc2[C@@]2(C)N=C(c3[c-]c(N4c5[c-]c6c(cc5C(C)(C)c5cc(C)ccc54)c4cc(C)ccc4n6-c4cc(C(C)(C)C)ccn4)cc(C(C)(C)C)c3)O[C@@]12C(C)(C)C.[Pt+2]. The van der Waals surface area contributed by atoms with Crippen LogP contribution in [0.2, 0.25) is 0 Å². The van der Waals surface area contributed by atoms with Gasteiger partial charge in [0.1, 0.15) is 22.9 Å². The molecule has 2 aromatic heterocycles. The normalized spacial score (nSPS) is 21.2. The average molecular weight is 1040 g/mol. The van der Waals surface area contributed by atoms with E-state index in [-0.39, 0.29) is 37.3 Å². The van der Waals surface area contributed by atoms with Crippen molar-refractivity contribution in [2.45, 2.75) is 145 Å². The summed E-state index contributed by atoms with van der Waals surface area (Å²) in [6.45, 7) is 34.9. The van der Waals surface area contributed by atoms with Crippen molar-refractivity contribution in [3.8, 4) is 5.82 Å². The first-order valence-electron chi connectivity index (χ1n) is 24.0. The Bertz CT molecular complexity index is 3270. The van der Waals surface area contributed by atoms with Crippen LogP contribution in [0.5, 0.6) is 0 Å². The maximum Gasteiger partial charge on any atom is 2.00 e. The molecular formula is C59H64N4OPt. The number of aliphatic imine (C=N–C) groups is 1. The van der Waals surface area contributed by atoms with E-state index >= 15 is 0 Å². The molecular weight excluding hydrogens is 976 g/mol. The molecule has 2 aliphatic heterocycles. The molecule has 2 atom stereocenters. The minimum atomic E-state index is -1.85. The summed E-state index contributed by atoms with van der Waals surface area (Å²) in [5, 5.41) is 2.30. The van der Waals surface area contributed by atoms with Gasteiger partial charge in [0.05, 0.1) is 0 Å². The van der Waals surface area contributed by atoms with Crippen LogP contribution in [0.3, 0.4) is 0 Å². The Morgan fingerprint density at radius 1 is 0.692 bits per heavy atom. The molecule has 65 heavy (non-hydrogen) atoms. The smallest absolute Gasteiger partial charge is 0.510 e. The number of rotatable bonds is 3. The topological polar surface area (TPSA) is 42.7 Å². The number of pyridine rings is 1. The zero-order chi connectivity index (χ0) is 47.6. The van der Waals surface area contributed by atoms with Gasteiger partial charge >= 0.3 is 21.1 Å². The second-order valence-electron chi connectivity index (χ2n) is 22.8. The van der Waals surface area contributed by atoms with Crippen LogP contribution in [0.4, 0.5) is 17.1 Å². The molecule has 4 heterocycles. The summed E-state index contributed by atoms with van der Waals surface area (Å²) in [7, 11) is 0. The Morgan fingerprint density at radius 2 is 1.37 bits per heavy atom. The van der Waals surface area contributed by atoms with Crippen molar-refractivity contribution in [1.29, 1.82) is 0 Å². The van der Waals surface area contributed by atoms with Crippen molar-refractivity contribution in [1.82, 2.24) is 9.55 Å². The summed E-state index contributed by atoms with van der Waals surface area (Å²) >= 11 is 0. The van der Waals surface area contributed by atoms with Crippen molar-refractivity contribution in [3.63, 3.8) is 0 Å². The zero-order valence-electron chi connectivity index (χ0n) is 43.1. The molecule has 0 unspecified atom stereocenters. The second kappa shape index (κ2) is 14.5. The predicted molar refractivity (Wildman–Crippen MR) is 267 cm³/mol. The summed E-state index contributed by atoms with van der Waals surface area (Å²) in [6.07, 6.45) is 0.0808. The Hall–Kier alpha value is -4.99. The van der Waals surface area contributed by atoms with Gasteiger partial charge in [0.25, 0.3) is 0 Å². The molecule has 0 saturated heterocycles. The molecule has 336 valence electrons. The van der Waals surface area contributed by atoms with Crippen molar-refractivity contribution in [2.75, 3.05) is 4.90 Å². The van der Waals surface area contributed by atoms with Crippen LogP contribution in [0, 0.1) is 45.2 Å². The number of benzene rings is 5. The maximum atomic E-state index is 9.98. The van der Waals surface area contributed by atoms with Gasteiger partial charge in [0, 0.05) is 31.9 Å². The van der Waals surface area contributed by atoms with E-state index < -0.39 is 22.9 Å². The third-order valence-corrected chi connectivity index (χ3v) is 14.7. The molecule has 0 fully saturated rings. The third-order valence-electron chi connectivity index (χ3n) is 14.7. The van der Waals surface area contributed by atoms with E-state index in [1.165, 1.54) is 33.2 Å². The molecule has 1 aliphatic carbocycles. The van der Waals surface area contributed by atoms with Crippen LogP contribution in [-0.4, -0.2) is 21.0 Å². The number of fused-ring (bicyclic) bond motifs is 8. The molecule has 5 aromatic carbocycles. The molecule has 0 radical (unpaired) electrons. The summed E-state index contributed by atoms with van der Waals surface area (Å²) in [5.74, 6) is 1.27. The second-order valence-corrected chi connectivity index (χ2v) is 22.8. The number of hydrogen-bond acceptors (Lipinski definition) is 4. The molecule has 10 rings (SSSR count). The first-order valence-corrected chi connectivity index (χ1v) is 23.0. The van der Waals surface area contributed by atoms with Gasteiger partial charge in [-0.2, -0.15) is 6.07 Å². The molecule has 0 saturated carbocycles. The third kappa shape index (κ3) is 6.64. The average Bonchev–Trinajstić information content (AvgIpc) is 3.78. The Morgan fingerprint density at radius 3 is 2.06 bits per heavy atom. The molecule has 5 nitrogen and oxygen atoms in total. The van der Waals surface area contributed by atoms with E-state index in [1.54, 1.807) is 0 Å². The Kier molecular flexibility index (Phi) is 9.51. The van der Waals surface area contributed by atoms with E-state index in [0.717, 1.165) is 61.6 Å². The van der Waals surface area contributed by atoms with Crippen LogP contribution in [0.15, 0.2) is 90.1 Å². The maximum absolute atomic E-state index is 9.98. The summed E-state index contributed by atoms with van der Waals surface area (Å²) in [4.78, 5) is 12.9. The van der Waals surface area contributed by atoms with Gasteiger partial charge in [-0.15, -0.1) is 40.8 Å². The molecule has 0 N–H and O–H groups in total. The number of ether oxygens (including phenoxy) is 1. The van der Waals surface area contributed by atoms with Crippen LogP contribution < -0.4 is 4.90 Å². The number of anilines is 3. The molecule has 0 spiro atoms. The summed E-state index contributed by atoms with van der Waals surface area (Å²) in [6, 6.07) is 36.8. The van der Waals surface area contributed by atoms with Gasteiger partial charge in [0.2, 0.25) is 0 Å². The van der Waals surface area contributed by atoms with E-state index in [9.17, 15) is 2.74 Å². The summed E-state index contributed by atoms with van der Waals surface area (Å²) < 4.78 is 29.6. The first kappa shape index (κ1) is 42.6. The largest absolute Gasteiger partial charge is 2.00 e. The fraction of sp³-hybridized carbons (Fsp3) is 0.390. The minimum Gasteiger partial charge on any atom is -0.510 e. The van der Waals surface area contributed by atoms with Gasteiger partial charge in [0.15, 0.2) is 0 Å². The fourth-order valence-electron chi connectivity index (χ4n) is 10.7. The Labute approximate surface area is 404 Å². The van der Waals surface area contributed by atoms with E-state index in [2.05, 4.69) is 205 Å². The first-order chi connectivity index (χ1) is 30.6. The molecule has 7 aromatic rings. The van der Waals surface area contributed by atoms with Gasteiger partial charge in [-0.1, -0.05) is 140 Å². The molecule has 3 aliphatic rings. The monoisotopic (exact) mass is 1040 g/mol. The molecule has 6 heteroatoms. The predicted octanol–water partition coefficient (Wildman–Crippen LogP) is 14.7. The fourth-order valence-corrected chi connectivity index (χ4v) is 10.7. The van der Waals surface area contributed by atoms with Gasteiger partial charge in [-0.25, -0.2) is 4.98 Å². The van der Waals surface area contributed by atoms with Gasteiger partial charge in [-0.05, 0) is 120 Å². The van der Waals surface area contributed by atoms with E-state index in [1.807, 2.05) is 12.3 Å². The van der Waals surface area contributed by atoms with Crippen LogP contribution in [-0.2, 0) is 54.0 Å². The van der Waals surface area contributed by atoms with Crippen molar-refractivity contribution >= 4 is 44.8 Å². The number of hydrogen-bond donors (Lipinski definition) is 0. The van der Waals surface area contributed by atoms with E-state index in [0.29, 0.717) is 17.0 Å². The number of nitrogens with zero attached hydrogens (tertiary/aromatic N) is 4. The quantitative estimate of drug-likeness (QED) is 0.166. The minimum absolute atomic E-state index is 0. The van der Waals surface area contributed by atoms with Crippen LogP contribution in [0.1, 0.15) is 147 Å². The van der Waals surface area contributed by atoms with Crippen LogP contribution in [0.25, 0.3) is 27.6 Å². The van der Waals surface area contributed by atoms with Crippen molar-refractivity contribution in [3.05, 3.63) is 158 Å². The number of aryl methyl sites for hydroxylation is 4. The van der Waals surface area contributed by atoms with E-state index in [4.69, 9.17) is 14.7 Å². The standard InChI is InChI=1S/C59H64N4O.Pt/c1-34-17-19-48-43(23-34)44-31-47-51(32-50(44)63(48)52-30-40(21-22-60-52)54(5,6)7)62(49-20-18-35(2)24-46(49)57(47,14)15)42-28-38(27-41(29-42)55(8,9)10)53-61-58(16)45-26-37(4)36(3)25-39(45)33-59(58,64-53)56(11,12)13;/h17-27,29-31H,33H2,1-16H3;/q-2;+2/t58-,59-;/m1./s1/i33D2;. The van der Waals surface area contributed by atoms with Gasteiger partial charge < -0.3 is 14.2 Å². The number of aromatic nitrogens is 2. The molecule has 0 bridgehead atoms.